The normalized spacial score (nSPS) is 11.4. The molecular formula is C23H17BrCl2N4O2. The average Bonchev–Trinajstić information content (AvgIpc) is 3.31. The van der Waals surface area contributed by atoms with Crippen molar-refractivity contribution in [1.82, 2.24) is 20.2 Å². The van der Waals surface area contributed by atoms with Crippen molar-refractivity contribution in [3.63, 3.8) is 0 Å². The van der Waals surface area contributed by atoms with E-state index in [1.165, 1.54) is 6.33 Å². The lowest BCUT2D eigenvalue weighted by molar-refractivity contribution is 0.0649. The summed E-state index contributed by atoms with van der Waals surface area (Å²) in [5.41, 5.74) is 5.27. The molecule has 9 heteroatoms. The molecule has 3 aromatic carbocycles. The van der Waals surface area contributed by atoms with E-state index in [2.05, 4.69) is 31.5 Å². The standard InChI is InChI=1S/C23H17BrCl2N4O2/c24-18-3-8-21(9-4-18)32-20-6-1-16(2-7-20)23(12-30-15-27-14-28-30)29-31-13-17-11-19(25)5-10-22(17)26/h1-12,14-15,29H,13H2. The van der Waals surface area contributed by atoms with Gasteiger partial charge in [-0.3, -0.25) is 10.3 Å². The van der Waals surface area contributed by atoms with Gasteiger partial charge >= 0.3 is 0 Å². The number of benzene rings is 3. The topological polar surface area (TPSA) is 61.2 Å². The summed E-state index contributed by atoms with van der Waals surface area (Å²) in [5, 5.41) is 5.29. The van der Waals surface area contributed by atoms with Gasteiger partial charge < -0.3 is 4.74 Å². The van der Waals surface area contributed by atoms with Crippen molar-refractivity contribution in [1.29, 1.82) is 0 Å². The molecule has 6 nitrogen and oxygen atoms in total. The summed E-state index contributed by atoms with van der Waals surface area (Å²) in [6.45, 7) is 0.221. The van der Waals surface area contributed by atoms with Gasteiger partial charge in [0.05, 0.1) is 11.9 Å². The Morgan fingerprint density at radius 3 is 2.41 bits per heavy atom. The van der Waals surface area contributed by atoms with Crippen LogP contribution < -0.4 is 10.2 Å². The number of hydrogen-bond acceptors (Lipinski definition) is 5. The van der Waals surface area contributed by atoms with Crippen molar-refractivity contribution in [3.8, 4) is 11.5 Å². The van der Waals surface area contributed by atoms with Crippen LogP contribution in [0.5, 0.6) is 11.5 Å². The van der Waals surface area contributed by atoms with Crippen molar-refractivity contribution in [2.75, 3.05) is 0 Å². The molecule has 0 saturated carbocycles. The number of nitrogens with zero attached hydrogens (tertiary/aromatic N) is 3. The van der Waals surface area contributed by atoms with Crippen molar-refractivity contribution < 1.29 is 9.57 Å². The summed E-state index contributed by atoms with van der Waals surface area (Å²) < 4.78 is 8.46. The smallest absolute Gasteiger partial charge is 0.138 e. The Hall–Kier alpha value is -2.84. The summed E-state index contributed by atoms with van der Waals surface area (Å²) >= 11 is 15.7. The monoisotopic (exact) mass is 530 g/mol. The Morgan fingerprint density at radius 2 is 1.72 bits per heavy atom. The van der Waals surface area contributed by atoms with Crippen LogP contribution in [0.15, 0.2) is 83.9 Å². The minimum Gasteiger partial charge on any atom is -0.457 e. The Kier molecular flexibility index (Phi) is 7.44. The summed E-state index contributed by atoms with van der Waals surface area (Å²) in [5.74, 6) is 1.46. The highest BCUT2D eigenvalue weighted by Crippen LogP contribution is 2.25. The Bertz CT molecular complexity index is 1200. The fraction of sp³-hybridized carbons (Fsp3) is 0.0435. The van der Waals surface area contributed by atoms with Crippen LogP contribution in [0.3, 0.4) is 0 Å². The summed E-state index contributed by atoms with van der Waals surface area (Å²) in [4.78, 5) is 9.67. The highest BCUT2D eigenvalue weighted by molar-refractivity contribution is 9.10. The molecule has 4 aromatic rings. The maximum Gasteiger partial charge on any atom is 0.138 e. The van der Waals surface area contributed by atoms with Gasteiger partial charge in [0.15, 0.2) is 0 Å². The van der Waals surface area contributed by atoms with Crippen LogP contribution >= 0.6 is 39.1 Å². The van der Waals surface area contributed by atoms with Gasteiger partial charge in [-0.2, -0.15) is 5.10 Å². The van der Waals surface area contributed by atoms with Gasteiger partial charge in [-0.15, -0.1) is 0 Å². The molecule has 1 heterocycles. The van der Waals surface area contributed by atoms with Gasteiger partial charge in [-0.05, 0) is 66.7 Å². The number of nitrogens with one attached hydrogen (secondary N) is 1. The van der Waals surface area contributed by atoms with E-state index in [9.17, 15) is 0 Å². The number of hydrogen-bond donors (Lipinski definition) is 1. The third-order valence-corrected chi connectivity index (χ3v) is 5.46. The minimum atomic E-state index is 0.221. The SMILES string of the molecule is Clc1ccc(Cl)c(CONC(=Cn2cncn2)c2ccc(Oc3ccc(Br)cc3)cc2)c1. The Morgan fingerprint density at radius 1 is 1.00 bits per heavy atom. The van der Waals surface area contributed by atoms with Gasteiger partial charge in [-0.25, -0.2) is 9.67 Å². The van der Waals surface area contributed by atoms with Crippen LogP contribution in [0.25, 0.3) is 11.9 Å². The van der Waals surface area contributed by atoms with Crippen molar-refractivity contribution >= 4 is 51.0 Å². The van der Waals surface area contributed by atoms with E-state index in [1.54, 1.807) is 35.4 Å². The first-order chi connectivity index (χ1) is 15.6. The fourth-order valence-electron chi connectivity index (χ4n) is 2.76. The zero-order chi connectivity index (χ0) is 22.3. The second kappa shape index (κ2) is 10.7. The zero-order valence-electron chi connectivity index (χ0n) is 16.6. The highest BCUT2D eigenvalue weighted by Gasteiger charge is 2.07. The van der Waals surface area contributed by atoms with Crippen molar-refractivity contribution in [2.24, 2.45) is 0 Å². The summed E-state index contributed by atoms with van der Waals surface area (Å²) in [7, 11) is 0. The molecule has 1 aromatic heterocycles. The first-order valence-corrected chi connectivity index (χ1v) is 11.0. The average molecular weight is 532 g/mol. The van der Waals surface area contributed by atoms with Crippen LogP contribution in [0.4, 0.5) is 0 Å². The van der Waals surface area contributed by atoms with E-state index in [4.69, 9.17) is 32.8 Å². The number of aromatic nitrogens is 3. The van der Waals surface area contributed by atoms with Crippen molar-refractivity contribution in [2.45, 2.75) is 6.61 Å². The van der Waals surface area contributed by atoms with Gasteiger partial charge in [0.1, 0.15) is 30.8 Å². The molecule has 0 spiro atoms. The second-order valence-corrected chi connectivity index (χ2v) is 8.38. The molecule has 0 radical (unpaired) electrons. The molecule has 0 aliphatic rings. The largest absolute Gasteiger partial charge is 0.457 e. The molecule has 0 aliphatic heterocycles. The quantitative estimate of drug-likeness (QED) is 0.253. The van der Waals surface area contributed by atoms with E-state index >= 15 is 0 Å². The Balaban J connectivity index is 1.48. The maximum absolute atomic E-state index is 6.22. The molecule has 0 amide bonds. The van der Waals surface area contributed by atoms with E-state index in [0.717, 1.165) is 21.3 Å². The highest BCUT2D eigenvalue weighted by atomic mass is 79.9. The predicted molar refractivity (Wildman–Crippen MR) is 129 cm³/mol. The van der Waals surface area contributed by atoms with Crippen LogP contribution in [-0.4, -0.2) is 14.8 Å². The van der Waals surface area contributed by atoms with E-state index in [0.29, 0.717) is 21.5 Å². The van der Waals surface area contributed by atoms with Crippen LogP contribution in [0, 0.1) is 0 Å². The Labute approximate surface area is 203 Å². The molecular weight excluding hydrogens is 515 g/mol. The third-order valence-electron chi connectivity index (χ3n) is 4.33. The number of rotatable bonds is 8. The number of hydroxylamine groups is 1. The molecule has 32 heavy (non-hydrogen) atoms. The molecule has 0 unspecified atom stereocenters. The van der Waals surface area contributed by atoms with Gasteiger partial charge in [0.2, 0.25) is 0 Å². The van der Waals surface area contributed by atoms with Gasteiger partial charge in [-0.1, -0.05) is 39.1 Å². The van der Waals surface area contributed by atoms with Crippen LogP contribution in [-0.2, 0) is 11.4 Å². The molecule has 1 N–H and O–H groups in total. The van der Waals surface area contributed by atoms with E-state index in [1.807, 2.05) is 48.5 Å². The van der Waals surface area contributed by atoms with Crippen molar-refractivity contribution in [3.05, 3.63) is 105 Å². The first kappa shape index (κ1) is 22.4. The summed E-state index contributed by atoms with van der Waals surface area (Å²) in [6, 6.07) is 20.5. The maximum atomic E-state index is 6.22. The van der Waals surface area contributed by atoms with Gasteiger partial charge in [0.25, 0.3) is 0 Å². The van der Waals surface area contributed by atoms with E-state index < -0.39 is 0 Å². The lowest BCUT2D eigenvalue weighted by atomic mass is 10.1. The molecule has 0 fully saturated rings. The molecule has 0 saturated heterocycles. The molecule has 0 atom stereocenters. The lowest BCUT2D eigenvalue weighted by Gasteiger charge is -2.13. The molecule has 0 bridgehead atoms. The molecule has 4 rings (SSSR count). The fourth-order valence-corrected chi connectivity index (χ4v) is 3.39. The molecule has 162 valence electrons. The van der Waals surface area contributed by atoms with Crippen LogP contribution in [0.1, 0.15) is 11.1 Å². The first-order valence-electron chi connectivity index (χ1n) is 9.48. The lowest BCUT2D eigenvalue weighted by Crippen LogP contribution is -2.14. The molecule has 0 aliphatic carbocycles. The zero-order valence-corrected chi connectivity index (χ0v) is 19.7. The second-order valence-electron chi connectivity index (χ2n) is 6.63. The van der Waals surface area contributed by atoms with E-state index in [-0.39, 0.29) is 6.61 Å². The number of halogens is 3. The summed E-state index contributed by atoms with van der Waals surface area (Å²) in [6.07, 6.45) is 4.80. The van der Waals surface area contributed by atoms with Crippen LogP contribution in [0.2, 0.25) is 10.0 Å². The number of ether oxygens (including phenoxy) is 1. The van der Waals surface area contributed by atoms with Gasteiger partial charge in [0, 0.05) is 25.6 Å². The predicted octanol–water partition coefficient (Wildman–Crippen LogP) is 6.82. The third kappa shape index (κ3) is 6.11. The minimum absolute atomic E-state index is 0.221.